The van der Waals surface area contributed by atoms with Crippen molar-refractivity contribution in [1.29, 1.82) is 0 Å². The number of nitrogens with two attached hydrogens (primary N) is 1. The lowest BCUT2D eigenvalue weighted by Crippen LogP contribution is -2.20. The lowest BCUT2D eigenvalue weighted by atomic mass is 10.2. The minimum Gasteiger partial charge on any atom is -0.497 e. The first-order chi connectivity index (χ1) is 12.6. The second-order valence-electron chi connectivity index (χ2n) is 5.38. The van der Waals surface area contributed by atoms with Gasteiger partial charge in [0.25, 0.3) is 0 Å². The number of hydrogen-bond acceptors (Lipinski definition) is 7. The van der Waals surface area contributed by atoms with Crippen LogP contribution in [0.2, 0.25) is 0 Å². The molecule has 0 spiro atoms. The molecule has 9 heteroatoms. The molecule has 3 aromatic rings. The molecule has 0 bridgehead atoms. The van der Waals surface area contributed by atoms with Crippen LogP contribution in [0.15, 0.2) is 42.5 Å². The third kappa shape index (κ3) is 3.89. The number of amides is 1. The smallest absolute Gasteiger partial charge is 0.248 e. The molecule has 1 aromatic heterocycles. The van der Waals surface area contributed by atoms with Gasteiger partial charge < -0.3 is 20.5 Å². The highest BCUT2D eigenvalue weighted by atomic mass is 16.5. The van der Waals surface area contributed by atoms with E-state index < -0.39 is 0 Å². The van der Waals surface area contributed by atoms with Crippen molar-refractivity contribution < 1.29 is 14.3 Å². The zero-order valence-corrected chi connectivity index (χ0v) is 14.3. The van der Waals surface area contributed by atoms with Gasteiger partial charge in [0.1, 0.15) is 18.0 Å². The Morgan fingerprint density at radius 1 is 1.15 bits per heavy atom. The number of methoxy groups -OCH3 is 2. The summed E-state index contributed by atoms with van der Waals surface area (Å²) in [5.41, 5.74) is 7.60. The molecule has 9 nitrogen and oxygen atoms in total. The summed E-state index contributed by atoms with van der Waals surface area (Å²) in [5.74, 6) is 1.23. The van der Waals surface area contributed by atoms with Crippen molar-refractivity contribution in [1.82, 2.24) is 20.2 Å². The average molecular weight is 354 g/mol. The van der Waals surface area contributed by atoms with Crippen molar-refractivity contribution in [3.8, 4) is 22.9 Å². The van der Waals surface area contributed by atoms with Crippen LogP contribution >= 0.6 is 0 Å². The summed E-state index contributed by atoms with van der Waals surface area (Å²) in [6, 6.07) is 12.2. The van der Waals surface area contributed by atoms with Crippen LogP contribution in [-0.4, -0.2) is 40.3 Å². The maximum Gasteiger partial charge on any atom is 0.248 e. The molecular formula is C17H18N6O3. The first kappa shape index (κ1) is 17.2. The van der Waals surface area contributed by atoms with E-state index in [1.807, 2.05) is 0 Å². The molecule has 1 heterocycles. The second-order valence-corrected chi connectivity index (χ2v) is 5.38. The van der Waals surface area contributed by atoms with Crippen molar-refractivity contribution in [3.05, 3.63) is 42.5 Å². The zero-order valence-electron chi connectivity index (χ0n) is 14.3. The lowest BCUT2D eigenvalue weighted by molar-refractivity contribution is -0.117. The van der Waals surface area contributed by atoms with Crippen molar-refractivity contribution in [3.63, 3.8) is 0 Å². The number of nitrogens with zero attached hydrogens (tertiary/aromatic N) is 4. The Bertz CT molecular complexity index is 907. The second kappa shape index (κ2) is 7.51. The highest BCUT2D eigenvalue weighted by molar-refractivity contribution is 5.92. The van der Waals surface area contributed by atoms with Crippen LogP contribution in [0.5, 0.6) is 11.5 Å². The van der Waals surface area contributed by atoms with Gasteiger partial charge in [0.2, 0.25) is 11.7 Å². The summed E-state index contributed by atoms with van der Waals surface area (Å²) in [6.45, 7) is -0.0862. The quantitative estimate of drug-likeness (QED) is 0.645. The van der Waals surface area contributed by atoms with E-state index >= 15 is 0 Å². The van der Waals surface area contributed by atoms with Crippen LogP contribution in [0, 0.1) is 0 Å². The molecule has 3 N–H and O–H groups in total. The van der Waals surface area contributed by atoms with Gasteiger partial charge in [0.15, 0.2) is 0 Å². The van der Waals surface area contributed by atoms with Crippen molar-refractivity contribution in [2.24, 2.45) is 0 Å². The number of nitrogens with one attached hydrogen (secondary N) is 1. The Labute approximate surface area is 149 Å². The Kier molecular flexibility index (Phi) is 4.97. The molecule has 0 aliphatic rings. The summed E-state index contributed by atoms with van der Waals surface area (Å²) < 4.78 is 10.4. The van der Waals surface area contributed by atoms with Gasteiger partial charge in [-0.1, -0.05) is 0 Å². The van der Waals surface area contributed by atoms with Gasteiger partial charge in [-0.05, 0) is 41.6 Å². The molecule has 1 amide bonds. The fraction of sp³-hybridized carbons (Fsp3) is 0.176. The van der Waals surface area contributed by atoms with E-state index in [1.54, 1.807) is 49.6 Å². The molecule has 26 heavy (non-hydrogen) atoms. The van der Waals surface area contributed by atoms with E-state index in [0.29, 0.717) is 28.7 Å². The molecule has 0 saturated carbocycles. The molecule has 3 rings (SSSR count). The molecule has 0 fully saturated rings. The van der Waals surface area contributed by atoms with Crippen LogP contribution in [0.25, 0.3) is 11.4 Å². The van der Waals surface area contributed by atoms with E-state index in [4.69, 9.17) is 15.2 Å². The standard InChI is InChI=1S/C17H18N6O3/c1-25-13-7-8-14(15(9-13)26-2)19-16(24)10-23-21-17(20-22-23)11-3-5-12(18)6-4-11/h3-9H,10,18H2,1-2H3,(H,19,24). The van der Waals surface area contributed by atoms with Crippen molar-refractivity contribution >= 4 is 17.3 Å². The zero-order chi connectivity index (χ0) is 18.5. The number of hydrogen-bond donors (Lipinski definition) is 2. The van der Waals surface area contributed by atoms with E-state index in [1.165, 1.54) is 11.9 Å². The Morgan fingerprint density at radius 2 is 1.92 bits per heavy atom. The third-order valence-corrected chi connectivity index (χ3v) is 3.59. The lowest BCUT2D eigenvalue weighted by Gasteiger charge is -2.11. The van der Waals surface area contributed by atoms with E-state index in [-0.39, 0.29) is 12.5 Å². The number of carbonyl (C=O) groups excluding carboxylic acids is 1. The Morgan fingerprint density at radius 3 is 2.62 bits per heavy atom. The minimum absolute atomic E-state index is 0.0862. The van der Waals surface area contributed by atoms with Crippen LogP contribution in [0.1, 0.15) is 0 Å². The molecule has 0 unspecified atom stereocenters. The Hall–Kier alpha value is -3.62. The number of anilines is 2. The highest BCUT2D eigenvalue weighted by Gasteiger charge is 2.12. The van der Waals surface area contributed by atoms with Gasteiger partial charge >= 0.3 is 0 Å². The fourth-order valence-electron chi connectivity index (χ4n) is 2.28. The number of tetrazole rings is 1. The SMILES string of the molecule is COc1ccc(NC(=O)Cn2nnc(-c3ccc(N)cc3)n2)c(OC)c1. The maximum absolute atomic E-state index is 12.3. The summed E-state index contributed by atoms with van der Waals surface area (Å²) in [4.78, 5) is 13.5. The molecule has 2 aromatic carbocycles. The molecule has 0 aliphatic carbocycles. The van der Waals surface area contributed by atoms with Crippen LogP contribution in [0.4, 0.5) is 11.4 Å². The largest absolute Gasteiger partial charge is 0.497 e. The maximum atomic E-state index is 12.3. The first-order valence-electron chi connectivity index (χ1n) is 7.74. The molecule has 0 aliphatic heterocycles. The van der Waals surface area contributed by atoms with Gasteiger partial charge in [0.05, 0.1) is 19.9 Å². The first-order valence-corrected chi connectivity index (χ1v) is 7.74. The predicted molar refractivity (Wildman–Crippen MR) is 95.8 cm³/mol. The van der Waals surface area contributed by atoms with E-state index in [2.05, 4.69) is 20.7 Å². The van der Waals surface area contributed by atoms with Crippen LogP contribution < -0.4 is 20.5 Å². The van der Waals surface area contributed by atoms with Gasteiger partial charge in [-0.3, -0.25) is 4.79 Å². The van der Waals surface area contributed by atoms with Crippen molar-refractivity contribution in [2.45, 2.75) is 6.54 Å². The average Bonchev–Trinajstić information content (AvgIpc) is 3.11. The molecule has 0 radical (unpaired) electrons. The van der Waals surface area contributed by atoms with Crippen LogP contribution in [0.3, 0.4) is 0 Å². The van der Waals surface area contributed by atoms with Gasteiger partial charge in [-0.2, -0.15) is 4.80 Å². The van der Waals surface area contributed by atoms with Crippen LogP contribution in [-0.2, 0) is 11.3 Å². The van der Waals surface area contributed by atoms with Gasteiger partial charge in [-0.25, -0.2) is 0 Å². The fourth-order valence-corrected chi connectivity index (χ4v) is 2.28. The molecule has 0 atom stereocenters. The Balaban J connectivity index is 1.68. The predicted octanol–water partition coefficient (Wildman–Crippen LogP) is 1.58. The van der Waals surface area contributed by atoms with Gasteiger partial charge in [0, 0.05) is 17.3 Å². The number of rotatable bonds is 6. The summed E-state index contributed by atoms with van der Waals surface area (Å²) in [6.07, 6.45) is 0. The normalized spacial score (nSPS) is 10.4. The molecule has 134 valence electrons. The number of carbonyl (C=O) groups is 1. The number of nitrogen functional groups attached to an aromatic ring is 1. The minimum atomic E-state index is -0.310. The highest BCUT2D eigenvalue weighted by Crippen LogP contribution is 2.28. The van der Waals surface area contributed by atoms with Crippen molar-refractivity contribution in [2.75, 3.05) is 25.3 Å². The summed E-state index contributed by atoms with van der Waals surface area (Å²) >= 11 is 0. The number of ether oxygens (including phenoxy) is 2. The molecular weight excluding hydrogens is 336 g/mol. The topological polar surface area (TPSA) is 117 Å². The van der Waals surface area contributed by atoms with E-state index in [9.17, 15) is 4.79 Å². The van der Waals surface area contributed by atoms with Gasteiger partial charge in [-0.15, -0.1) is 10.2 Å². The summed E-state index contributed by atoms with van der Waals surface area (Å²) in [7, 11) is 3.07. The number of benzene rings is 2. The monoisotopic (exact) mass is 354 g/mol. The summed E-state index contributed by atoms with van der Waals surface area (Å²) in [5, 5.41) is 14.8. The van der Waals surface area contributed by atoms with E-state index in [0.717, 1.165) is 5.56 Å². The third-order valence-electron chi connectivity index (χ3n) is 3.59. The number of aromatic nitrogens is 4. The molecule has 0 saturated heterocycles.